The van der Waals surface area contributed by atoms with Crippen molar-refractivity contribution in [3.05, 3.63) is 33.9 Å². The average molecular weight is 339 g/mol. The summed E-state index contributed by atoms with van der Waals surface area (Å²) in [5, 5.41) is 25.9. The lowest BCUT2D eigenvalue weighted by molar-refractivity contribution is -0.759. The van der Waals surface area contributed by atoms with Crippen molar-refractivity contribution in [1.29, 1.82) is 0 Å². The van der Waals surface area contributed by atoms with Crippen molar-refractivity contribution in [3.8, 4) is 5.75 Å². The fourth-order valence-electron chi connectivity index (χ4n) is 2.60. The zero-order valence-electron chi connectivity index (χ0n) is 14.0. The normalized spacial score (nSPS) is 17.8. The van der Waals surface area contributed by atoms with Crippen LogP contribution in [0.15, 0.2) is 18.2 Å². The molecular weight excluding hydrogens is 314 g/mol. The standard InChI is InChI=1S/C16H25N3O5/c1-11(2)17-8-14(20)10-23-15-5-3-4-13-6-12(7-18-16(13)15)9-24-19(21)22/h3-5,11-12,14,17-18,20H,6-10H2,1-2H3. The highest BCUT2D eigenvalue weighted by molar-refractivity contribution is 5.63. The Morgan fingerprint density at radius 3 is 3.00 bits per heavy atom. The van der Waals surface area contributed by atoms with Crippen molar-refractivity contribution in [2.45, 2.75) is 32.4 Å². The first-order valence-corrected chi connectivity index (χ1v) is 8.13. The van der Waals surface area contributed by atoms with E-state index in [0.717, 1.165) is 11.3 Å². The first-order valence-electron chi connectivity index (χ1n) is 8.13. The number of ether oxygens (including phenoxy) is 1. The Kier molecular flexibility index (Phi) is 6.62. The maximum Gasteiger partial charge on any atom is 0.294 e. The molecule has 8 nitrogen and oxygen atoms in total. The van der Waals surface area contributed by atoms with E-state index in [1.54, 1.807) is 0 Å². The molecule has 2 rings (SSSR count). The molecule has 0 saturated carbocycles. The van der Waals surface area contributed by atoms with E-state index in [0.29, 0.717) is 31.3 Å². The molecule has 0 fully saturated rings. The van der Waals surface area contributed by atoms with E-state index in [1.165, 1.54) is 0 Å². The maximum absolute atomic E-state index is 10.3. The predicted molar refractivity (Wildman–Crippen MR) is 89.7 cm³/mol. The lowest BCUT2D eigenvalue weighted by Gasteiger charge is -2.27. The van der Waals surface area contributed by atoms with E-state index in [-0.39, 0.29) is 19.1 Å². The molecule has 1 aromatic rings. The minimum atomic E-state index is -0.762. The monoisotopic (exact) mass is 339 g/mol. The first kappa shape index (κ1) is 18.3. The van der Waals surface area contributed by atoms with Crippen LogP contribution >= 0.6 is 0 Å². The number of nitrogens with zero attached hydrogens (tertiary/aromatic N) is 1. The largest absolute Gasteiger partial charge is 0.489 e. The second-order valence-corrected chi connectivity index (χ2v) is 6.29. The van der Waals surface area contributed by atoms with Crippen LogP contribution in [0.25, 0.3) is 0 Å². The molecule has 0 spiro atoms. The highest BCUT2D eigenvalue weighted by Gasteiger charge is 2.22. The summed E-state index contributed by atoms with van der Waals surface area (Å²) in [7, 11) is 0. The number of para-hydroxylation sites is 1. The van der Waals surface area contributed by atoms with Gasteiger partial charge in [-0.1, -0.05) is 26.0 Å². The SMILES string of the molecule is CC(C)NCC(O)COc1cccc2c1NCC(CO[N+](=O)[O-])C2. The smallest absolute Gasteiger partial charge is 0.294 e. The fraction of sp³-hybridized carbons (Fsp3) is 0.625. The number of hydrogen-bond donors (Lipinski definition) is 3. The highest BCUT2D eigenvalue weighted by Crippen LogP contribution is 2.33. The van der Waals surface area contributed by atoms with Gasteiger partial charge >= 0.3 is 0 Å². The van der Waals surface area contributed by atoms with Crippen LogP contribution in [-0.2, 0) is 11.3 Å². The molecule has 0 aliphatic carbocycles. The van der Waals surface area contributed by atoms with Crippen molar-refractivity contribution in [2.24, 2.45) is 5.92 Å². The Morgan fingerprint density at radius 1 is 1.50 bits per heavy atom. The summed E-state index contributed by atoms with van der Waals surface area (Å²) in [4.78, 5) is 14.8. The second-order valence-electron chi connectivity index (χ2n) is 6.29. The Bertz CT molecular complexity index is 553. The third-order valence-electron chi connectivity index (χ3n) is 3.80. The number of hydrogen-bond acceptors (Lipinski definition) is 7. The minimum absolute atomic E-state index is 0.0407. The van der Waals surface area contributed by atoms with Gasteiger partial charge < -0.3 is 25.3 Å². The summed E-state index contributed by atoms with van der Waals surface area (Å²) < 4.78 is 5.74. The third kappa shape index (κ3) is 5.54. The number of anilines is 1. The second kappa shape index (κ2) is 8.70. The molecule has 2 unspecified atom stereocenters. The average Bonchev–Trinajstić information content (AvgIpc) is 2.55. The number of fused-ring (bicyclic) bond motifs is 1. The molecule has 134 valence electrons. The van der Waals surface area contributed by atoms with Gasteiger partial charge in [-0.2, -0.15) is 0 Å². The summed E-state index contributed by atoms with van der Waals surface area (Å²) in [5.74, 6) is 0.726. The number of benzene rings is 1. The molecule has 24 heavy (non-hydrogen) atoms. The van der Waals surface area contributed by atoms with Gasteiger partial charge in [-0.15, -0.1) is 10.1 Å². The van der Waals surface area contributed by atoms with Crippen LogP contribution in [0.4, 0.5) is 5.69 Å². The van der Waals surface area contributed by atoms with Crippen LogP contribution in [0, 0.1) is 16.0 Å². The predicted octanol–water partition coefficient (Wildman–Crippen LogP) is 1.22. The molecule has 1 heterocycles. The maximum atomic E-state index is 10.3. The number of nitrogens with one attached hydrogen (secondary N) is 2. The molecule has 0 radical (unpaired) electrons. The molecule has 0 saturated heterocycles. The minimum Gasteiger partial charge on any atom is -0.489 e. The molecule has 0 bridgehead atoms. The van der Waals surface area contributed by atoms with E-state index in [4.69, 9.17) is 4.74 Å². The molecule has 0 amide bonds. The molecular formula is C16H25N3O5. The molecule has 1 aromatic carbocycles. The molecule has 1 aliphatic heterocycles. The summed E-state index contributed by atoms with van der Waals surface area (Å²) in [6.07, 6.45) is 0.0956. The molecule has 0 aromatic heterocycles. The Hall–Kier alpha value is -2.06. The van der Waals surface area contributed by atoms with Crippen LogP contribution in [0.1, 0.15) is 19.4 Å². The molecule has 1 aliphatic rings. The van der Waals surface area contributed by atoms with E-state index >= 15 is 0 Å². The summed E-state index contributed by atoms with van der Waals surface area (Å²) >= 11 is 0. The van der Waals surface area contributed by atoms with Crippen LogP contribution in [0.3, 0.4) is 0 Å². The van der Waals surface area contributed by atoms with Crippen molar-refractivity contribution >= 4 is 5.69 Å². The van der Waals surface area contributed by atoms with E-state index in [9.17, 15) is 15.2 Å². The van der Waals surface area contributed by atoms with Gasteiger partial charge in [-0.3, -0.25) is 0 Å². The zero-order chi connectivity index (χ0) is 17.5. The Balaban J connectivity index is 1.90. The van der Waals surface area contributed by atoms with Crippen LogP contribution in [0.5, 0.6) is 5.75 Å². The summed E-state index contributed by atoms with van der Waals surface area (Å²) in [6.45, 7) is 5.36. The van der Waals surface area contributed by atoms with Gasteiger partial charge in [-0.25, -0.2) is 0 Å². The van der Waals surface area contributed by atoms with E-state index < -0.39 is 11.2 Å². The van der Waals surface area contributed by atoms with Gasteiger partial charge in [0.05, 0.1) is 5.69 Å². The lowest BCUT2D eigenvalue weighted by Crippen LogP contribution is -2.35. The zero-order valence-corrected chi connectivity index (χ0v) is 14.0. The Morgan fingerprint density at radius 2 is 2.29 bits per heavy atom. The first-order chi connectivity index (χ1) is 11.5. The van der Waals surface area contributed by atoms with Gasteiger partial charge in [0.2, 0.25) is 0 Å². The van der Waals surface area contributed by atoms with Crippen LogP contribution < -0.4 is 15.4 Å². The van der Waals surface area contributed by atoms with Crippen molar-refractivity contribution < 1.29 is 19.8 Å². The number of aliphatic hydroxyl groups is 1. The fourth-order valence-corrected chi connectivity index (χ4v) is 2.60. The topological polar surface area (TPSA) is 106 Å². The van der Waals surface area contributed by atoms with Crippen LogP contribution in [0.2, 0.25) is 0 Å². The van der Waals surface area contributed by atoms with E-state index in [2.05, 4.69) is 15.5 Å². The van der Waals surface area contributed by atoms with E-state index in [1.807, 2.05) is 32.0 Å². The molecule has 8 heteroatoms. The van der Waals surface area contributed by atoms with Crippen molar-refractivity contribution in [3.63, 3.8) is 0 Å². The quantitative estimate of drug-likeness (QED) is 0.459. The number of aliphatic hydroxyl groups excluding tert-OH is 1. The van der Waals surface area contributed by atoms with Gasteiger partial charge in [0.1, 0.15) is 25.1 Å². The molecule has 3 N–H and O–H groups in total. The summed E-state index contributed by atoms with van der Waals surface area (Å²) in [6, 6.07) is 6.00. The van der Waals surface area contributed by atoms with Crippen molar-refractivity contribution in [2.75, 3.05) is 31.6 Å². The van der Waals surface area contributed by atoms with Crippen LogP contribution in [-0.4, -0.2) is 48.6 Å². The molecule has 2 atom stereocenters. The van der Waals surface area contributed by atoms with Gasteiger partial charge in [0, 0.05) is 25.0 Å². The van der Waals surface area contributed by atoms with Gasteiger partial charge in [-0.05, 0) is 18.1 Å². The highest BCUT2D eigenvalue weighted by atomic mass is 16.9. The van der Waals surface area contributed by atoms with Gasteiger partial charge in [0.25, 0.3) is 5.09 Å². The Labute approximate surface area is 141 Å². The summed E-state index contributed by atoms with van der Waals surface area (Å²) in [5.41, 5.74) is 1.92. The van der Waals surface area contributed by atoms with Crippen molar-refractivity contribution in [1.82, 2.24) is 5.32 Å². The number of rotatable bonds is 9. The third-order valence-corrected chi connectivity index (χ3v) is 3.80. The lowest BCUT2D eigenvalue weighted by atomic mass is 9.94. The van der Waals surface area contributed by atoms with Gasteiger partial charge in [0.15, 0.2) is 0 Å².